The number of furan rings is 1. The summed E-state index contributed by atoms with van der Waals surface area (Å²) in [6.07, 6.45) is 3.03. The maximum atomic E-state index is 11.7. The van der Waals surface area contributed by atoms with E-state index in [1.165, 1.54) is 6.26 Å². The zero-order valence-corrected chi connectivity index (χ0v) is 9.80. The van der Waals surface area contributed by atoms with E-state index in [-0.39, 0.29) is 11.3 Å². The molecule has 0 radical (unpaired) electrons. The SMILES string of the molecule is CCc1occc1C(=O)NCCC(C)Cl. The summed E-state index contributed by atoms with van der Waals surface area (Å²) in [7, 11) is 0. The molecule has 0 saturated heterocycles. The van der Waals surface area contributed by atoms with Crippen LogP contribution in [0.1, 0.15) is 36.4 Å². The van der Waals surface area contributed by atoms with Gasteiger partial charge >= 0.3 is 0 Å². The monoisotopic (exact) mass is 229 g/mol. The number of hydrogen-bond donors (Lipinski definition) is 1. The molecule has 1 rings (SSSR count). The van der Waals surface area contributed by atoms with Gasteiger partial charge in [-0.2, -0.15) is 0 Å². The van der Waals surface area contributed by atoms with Gasteiger partial charge in [0.2, 0.25) is 0 Å². The lowest BCUT2D eigenvalue weighted by atomic mass is 10.2. The van der Waals surface area contributed by atoms with Crippen LogP contribution in [0.2, 0.25) is 0 Å². The van der Waals surface area contributed by atoms with Crippen molar-refractivity contribution in [1.82, 2.24) is 5.32 Å². The number of alkyl halides is 1. The van der Waals surface area contributed by atoms with E-state index in [9.17, 15) is 4.79 Å². The summed E-state index contributed by atoms with van der Waals surface area (Å²) < 4.78 is 5.18. The van der Waals surface area contributed by atoms with Gasteiger partial charge in [0.15, 0.2) is 0 Å². The van der Waals surface area contributed by atoms with Crippen molar-refractivity contribution in [2.24, 2.45) is 0 Å². The predicted molar refractivity (Wildman–Crippen MR) is 60.4 cm³/mol. The molecule has 3 nitrogen and oxygen atoms in total. The van der Waals surface area contributed by atoms with E-state index in [1.54, 1.807) is 6.07 Å². The largest absolute Gasteiger partial charge is 0.469 e. The molecule has 0 bridgehead atoms. The van der Waals surface area contributed by atoms with E-state index in [0.717, 1.165) is 18.6 Å². The lowest BCUT2D eigenvalue weighted by Gasteiger charge is -2.05. The van der Waals surface area contributed by atoms with Gasteiger partial charge in [-0.15, -0.1) is 11.6 Å². The van der Waals surface area contributed by atoms with Crippen LogP contribution >= 0.6 is 11.6 Å². The van der Waals surface area contributed by atoms with Crippen molar-refractivity contribution < 1.29 is 9.21 Å². The average Bonchev–Trinajstić information content (AvgIpc) is 2.64. The molecule has 4 heteroatoms. The number of nitrogens with one attached hydrogen (secondary N) is 1. The molecule has 1 aromatic heterocycles. The molecule has 0 aliphatic heterocycles. The van der Waals surface area contributed by atoms with Crippen LogP contribution in [-0.4, -0.2) is 17.8 Å². The molecule has 1 atom stereocenters. The van der Waals surface area contributed by atoms with E-state index < -0.39 is 0 Å². The Morgan fingerprint density at radius 3 is 3.00 bits per heavy atom. The number of amides is 1. The van der Waals surface area contributed by atoms with Gasteiger partial charge in [-0.1, -0.05) is 6.92 Å². The Morgan fingerprint density at radius 2 is 2.40 bits per heavy atom. The summed E-state index contributed by atoms with van der Waals surface area (Å²) in [6.45, 7) is 4.46. The third kappa shape index (κ3) is 3.59. The lowest BCUT2D eigenvalue weighted by Crippen LogP contribution is -2.26. The van der Waals surface area contributed by atoms with Crippen LogP contribution in [0.15, 0.2) is 16.7 Å². The van der Waals surface area contributed by atoms with Gasteiger partial charge in [-0.3, -0.25) is 4.79 Å². The summed E-state index contributed by atoms with van der Waals surface area (Å²) in [5, 5.41) is 2.89. The van der Waals surface area contributed by atoms with Gasteiger partial charge in [-0.25, -0.2) is 0 Å². The Labute approximate surface area is 94.8 Å². The number of carbonyl (C=O) groups is 1. The van der Waals surface area contributed by atoms with Crippen molar-refractivity contribution in [3.63, 3.8) is 0 Å². The number of carbonyl (C=O) groups excluding carboxylic acids is 1. The first-order valence-electron chi connectivity index (χ1n) is 5.13. The maximum absolute atomic E-state index is 11.7. The number of halogens is 1. The van der Waals surface area contributed by atoms with Crippen LogP contribution in [-0.2, 0) is 6.42 Å². The molecule has 1 amide bonds. The van der Waals surface area contributed by atoms with Gasteiger partial charge in [0.05, 0.1) is 11.8 Å². The van der Waals surface area contributed by atoms with E-state index in [2.05, 4.69) is 5.32 Å². The molecular formula is C11H16ClNO2. The topological polar surface area (TPSA) is 42.2 Å². The van der Waals surface area contributed by atoms with Gasteiger partial charge < -0.3 is 9.73 Å². The highest BCUT2D eigenvalue weighted by molar-refractivity contribution is 6.20. The van der Waals surface area contributed by atoms with Crippen molar-refractivity contribution in [2.45, 2.75) is 32.1 Å². The second kappa shape index (κ2) is 5.81. The van der Waals surface area contributed by atoms with Crippen molar-refractivity contribution in [1.29, 1.82) is 0 Å². The molecule has 0 spiro atoms. The molecule has 84 valence electrons. The first-order valence-corrected chi connectivity index (χ1v) is 5.57. The summed E-state index contributed by atoms with van der Waals surface area (Å²) in [5.74, 6) is 0.643. The maximum Gasteiger partial charge on any atom is 0.254 e. The summed E-state index contributed by atoms with van der Waals surface area (Å²) in [6, 6.07) is 1.69. The van der Waals surface area contributed by atoms with Crippen molar-refractivity contribution >= 4 is 17.5 Å². The average molecular weight is 230 g/mol. The molecule has 0 aliphatic rings. The Bertz CT molecular complexity index is 320. The fourth-order valence-corrected chi connectivity index (χ4v) is 1.41. The van der Waals surface area contributed by atoms with Crippen LogP contribution in [0.3, 0.4) is 0 Å². The Hall–Kier alpha value is -0.960. The normalized spacial score (nSPS) is 12.5. The van der Waals surface area contributed by atoms with E-state index in [4.69, 9.17) is 16.0 Å². The van der Waals surface area contributed by atoms with Gasteiger partial charge in [0.25, 0.3) is 5.91 Å². The summed E-state index contributed by atoms with van der Waals surface area (Å²) in [5.41, 5.74) is 0.625. The van der Waals surface area contributed by atoms with Gasteiger partial charge in [0, 0.05) is 18.3 Å². The standard InChI is InChI=1S/C11H16ClNO2/c1-3-10-9(5-7-15-10)11(14)13-6-4-8(2)12/h5,7-8H,3-4,6H2,1-2H3,(H,13,14). The summed E-state index contributed by atoms with van der Waals surface area (Å²) >= 11 is 5.77. The van der Waals surface area contributed by atoms with E-state index in [0.29, 0.717) is 12.1 Å². The predicted octanol–water partition coefficient (Wildman–Crippen LogP) is 2.59. The summed E-state index contributed by atoms with van der Waals surface area (Å²) in [4.78, 5) is 11.7. The zero-order chi connectivity index (χ0) is 11.3. The van der Waals surface area contributed by atoms with E-state index >= 15 is 0 Å². The van der Waals surface area contributed by atoms with Crippen molar-refractivity contribution in [3.05, 3.63) is 23.7 Å². The second-order valence-electron chi connectivity index (χ2n) is 3.44. The quantitative estimate of drug-likeness (QED) is 0.789. The zero-order valence-electron chi connectivity index (χ0n) is 9.05. The fraction of sp³-hybridized carbons (Fsp3) is 0.545. The van der Waals surface area contributed by atoms with Crippen LogP contribution in [0.25, 0.3) is 0 Å². The molecule has 0 aliphatic carbocycles. The van der Waals surface area contributed by atoms with Crippen molar-refractivity contribution in [3.8, 4) is 0 Å². The highest BCUT2D eigenvalue weighted by Crippen LogP contribution is 2.10. The van der Waals surface area contributed by atoms with Crippen LogP contribution in [0.5, 0.6) is 0 Å². The Morgan fingerprint density at radius 1 is 1.67 bits per heavy atom. The molecule has 0 aromatic carbocycles. The number of hydrogen-bond acceptors (Lipinski definition) is 2. The molecule has 1 unspecified atom stereocenters. The Kier molecular flexibility index (Phi) is 4.69. The molecule has 1 heterocycles. The first kappa shape index (κ1) is 12.1. The highest BCUT2D eigenvalue weighted by Gasteiger charge is 2.12. The highest BCUT2D eigenvalue weighted by atomic mass is 35.5. The molecule has 1 N–H and O–H groups in total. The smallest absolute Gasteiger partial charge is 0.254 e. The number of rotatable bonds is 5. The molecule has 0 saturated carbocycles. The van der Waals surface area contributed by atoms with Crippen LogP contribution in [0.4, 0.5) is 0 Å². The minimum atomic E-state index is -0.0853. The number of aryl methyl sites for hydroxylation is 1. The third-order valence-electron chi connectivity index (χ3n) is 2.14. The third-order valence-corrected chi connectivity index (χ3v) is 2.36. The fourth-order valence-electron chi connectivity index (χ4n) is 1.30. The van der Waals surface area contributed by atoms with E-state index in [1.807, 2.05) is 13.8 Å². The lowest BCUT2D eigenvalue weighted by molar-refractivity contribution is 0.0951. The molecular weight excluding hydrogens is 214 g/mol. The van der Waals surface area contributed by atoms with Crippen molar-refractivity contribution in [2.75, 3.05) is 6.54 Å². The molecule has 0 fully saturated rings. The molecule has 15 heavy (non-hydrogen) atoms. The van der Waals surface area contributed by atoms with Gasteiger partial charge in [0.1, 0.15) is 5.76 Å². The first-order chi connectivity index (χ1) is 7.15. The van der Waals surface area contributed by atoms with Crippen LogP contribution < -0.4 is 5.32 Å². The second-order valence-corrected chi connectivity index (χ2v) is 4.18. The minimum Gasteiger partial charge on any atom is -0.469 e. The minimum absolute atomic E-state index is 0.0836. The van der Waals surface area contributed by atoms with Gasteiger partial charge in [-0.05, 0) is 19.4 Å². The van der Waals surface area contributed by atoms with Crippen LogP contribution in [0, 0.1) is 0 Å². The Balaban J connectivity index is 2.47. The molecule has 1 aromatic rings.